The highest BCUT2D eigenvalue weighted by molar-refractivity contribution is 6.46. The lowest BCUT2D eigenvalue weighted by Gasteiger charge is -2.42. The molecule has 2 saturated heterocycles. The first kappa shape index (κ1) is 26.1. The topological polar surface area (TPSA) is 93.4 Å². The van der Waals surface area contributed by atoms with Crippen molar-refractivity contribution in [3.8, 4) is 6.07 Å². The molecule has 0 spiro atoms. The monoisotopic (exact) mass is 518 g/mol. The first-order valence-electron chi connectivity index (χ1n) is 13.8. The molecule has 5 heterocycles. The van der Waals surface area contributed by atoms with Crippen molar-refractivity contribution in [3.05, 3.63) is 41.1 Å². The van der Waals surface area contributed by atoms with Crippen LogP contribution in [0.25, 0.3) is 11.0 Å². The van der Waals surface area contributed by atoms with E-state index in [0.717, 1.165) is 70.3 Å². The molecule has 11 heteroatoms. The van der Waals surface area contributed by atoms with E-state index in [1.54, 1.807) is 6.07 Å². The van der Waals surface area contributed by atoms with Gasteiger partial charge in [-0.2, -0.15) is 5.26 Å². The van der Waals surface area contributed by atoms with Crippen molar-refractivity contribution in [1.82, 2.24) is 25.2 Å². The van der Waals surface area contributed by atoms with Gasteiger partial charge in [0.15, 0.2) is 0 Å². The Kier molecular flexibility index (Phi) is 7.19. The standard InChI is InChI=1S/C28H32B2N8O/c1-17-14-38(23-4-3-20(12-31)25-26(23)35-28(30)27(29)34-25)16-21(39-17)15-36-7-9-37(10-8-36)24-11-19-5-6-32-18(2)22(19)13-33-24/h3-4,11,13,17-18,21,32H,5-10,14-16H2,1-2H3/t17-,18-,21+/m1/s1. The SMILES string of the molecule is [B]c1nc2c(C#N)ccc(N3C[C@H](CN4CCN(c5cc6c(cn5)[C@@H](C)NCC6)CC4)O[C@H](C)C3)c2nc1[B]. The third kappa shape index (κ3) is 5.21. The molecule has 39 heavy (non-hydrogen) atoms. The van der Waals surface area contributed by atoms with Crippen LogP contribution in [0.15, 0.2) is 24.4 Å². The van der Waals surface area contributed by atoms with E-state index in [4.69, 9.17) is 25.4 Å². The predicted octanol–water partition coefficient (Wildman–Crippen LogP) is 0.107. The molecule has 3 aliphatic rings. The number of hydrogen-bond acceptors (Lipinski definition) is 9. The van der Waals surface area contributed by atoms with Crippen molar-refractivity contribution in [2.45, 2.75) is 38.5 Å². The summed E-state index contributed by atoms with van der Waals surface area (Å²) in [6.07, 6.45) is 3.20. The summed E-state index contributed by atoms with van der Waals surface area (Å²) in [7, 11) is 11.9. The van der Waals surface area contributed by atoms with Gasteiger partial charge in [0.05, 0.1) is 23.5 Å². The molecular weight excluding hydrogens is 486 g/mol. The van der Waals surface area contributed by atoms with Gasteiger partial charge < -0.3 is 19.9 Å². The summed E-state index contributed by atoms with van der Waals surface area (Å²) in [6.45, 7) is 11.4. The van der Waals surface area contributed by atoms with Crippen molar-refractivity contribution in [2.24, 2.45) is 0 Å². The highest BCUT2D eigenvalue weighted by Crippen LogP contribution is 2.29. The van der Waals surface area contributed by atoms with Gasteiger partial charge in [0, 0.05) is 58.1 Å². The summed E-state index contributed by atoms with van der Waals surface area (Å²) < 4.78 is 6.38. The van der Waals surface area contributed by atoms with E-state index in [1.807, 2.05) is 6.07 Å². The van der Waals surface area contributed by atoms with Crippen molar-refractivity contribution in [2.75, 3.05) is 62.2 Å². The number of ether oxygens (including phenoxy) is 1. The fourth-order valence-corrected chi connectivity index (χ4v) is 6.09. The summed E-state index contributed by atoms with van der Waals surface area (Å²) >= 11 is 0. The van der Waals surface area contributed by atoms with Crippen molar-refractivity contribution < 1.29 is 4.74 Å². The van der Waals surface area contributed by atoms with E-state index in [0.29, 0.717) is 22.6 Å². The van der Waals surface area contributed by atoms with Gasteiger partial charge in [-0.15, -0.1) is 0 Å². The van der Waals surface area contributed by atoms with Gasteiger partial charge in [-0.05, 0) is 67.3 Å². The molecule has 2 fully saturated rings. The zero-order valence-electron chi connectivity index (χ0n) is 22.6. The van der Waals surface area contributed by atoms with E-state index in [-0.39, 0.29) is 23.4 Å². The van der Waals surface area contributed by atoms with Crippen LogP contribution in [0.1, 0.15) is 36.6 Å². The zero-order chi connectivity index (χ0) is 27.1. The van der Waals surface area contributed by atoms with E-state index in [9.17, 15) is 5.26 Å². The second kappa shape index (κ2) is 10.8. The lowest BCUT2D eigenvalue weighted by molar-refractivity contribution is -0.0327. The minimum atomic E-state index is 0.0425. The lowest BCUT2D eigenvalue weighted by atomic mass is 9.90. The van der Waals surface area contributed by atoms with Crippen LogP contribution in [0.5, 0.6) is 0 Å². The van der Waals surface area contributed by atoms with Gasteiger partial charge in [0.2, 0.25) is 0 Å². The fraction of sp³-hybridized carbons (Fsp3) is 0.500. The summed E-state index contributed by atoms with van der Waals surface area (Å²) in [6, 6.07) is 8.56. The van der Waals surface area contributed by atoms with Crippen LogP contribution in [0.3, 0.4) is 0 Å². The maximum Gasteiger partial charge on any atom is 0.143 e. The van der Waals surface area contributed by atoms with Crippen LogP contribution >= 0.6 is 0 Å². The van der Waals surface area contributed by atoms with E-state index in [1.165, 1.54) is 11.1 Å². The van der Waals surface area contributed by atoms with E-state index < -0.39 is 0 Å². The largest absolute Gasteiger partial charge is 0.370 e. The third-order valence-electron chi connectivity index (χ3n) is 8.12. The molecule has 3 atom stereocenters. The molecule has 4 radical (unpaired) electrons. The number of anilines is 2. The molecular formula is C28H32B2N8O. The summed E-state index contributed by atoms with van der Waals surface area (Å²) in [5, 5.41) is 13.1. The zero-order valence-corrected chi connectivity index (χ0v) is 22.6. The quantitative estimate of drug-likeness (QED) is 0.484. The van der Waals surface area contributed by atoms with Gasteiger partial charge in [0.25, 0.3) is 0 Å². The molecule has 196 valence electrons. The molecule has 0 saturated carbocycles. The Morgan fingerprint density at radius 1 is 1.05 bits per heavy atom. The molecule has 9 nitrogen and oxygen atoms in total. The molecule has 6 rings (SSSR count). The first-order chi connectivity index (χ1) is 18.9. The number of rotatable bonds is 4. The van der Waals surface area contributed by atoms with Crippen LogP contribution in [0.4, 0.5) is 11.5 Å². The Morgan fingerprint density at radius 3 is 2.59 bits per heavy atom. The average Bonchev–Trinajstić information content (AvgIpc) is 2.93. The molecule has 3 aromatic rings. The Labute approximate surface area is 232 Å². The number of nitriles is 1. The number of pyridine rings is 1. The number of hydrogen-bond donors (Lipinski definition) is 1. The highest BCUT2D eigenvalue weighted by Gasteiger charge is 2.30. The molecule has 0 aliphatic carbocycles. The number of aromatic nitrogens is 3. The van der Waals surface area contributed by atoms with E-state index >= 15 is 0 Å². The van der Waals surface area contributed by atoms with Crippen LogP contribution in [-0.2, 0) is 11.2 Å². The number of piperazine rings is 1. The van der Waals surface area contributed by atoms with Crippen LogP contribution in [-0.4, -0.2) is 100 Å². The molecule has 0 unspecified atom stereocenters. The van der Waals surface area contributed by atoms with E-state index in [2.05, 4.69) is 62.2 Å². The van der Waals surface area contributed by atoms with Crippen LogP contribution in [0.2, 0.25) is 0 Å². The van der Waals surface area contributed by atoms with Crippen LogP contribution in [0, 0.1) is 11.3 Å². The fourth-order valence-electron chi connectivity index (χ4n) is 6.09. The van der Waals surface area contributed by atoms with Gasteiger partial charge >= 0.3 is 0 Å². The Balaban J connectivity index is 1.13. The predicted molar refractivity (Wildman–Crippen MR) is 155 cm³/mol. The minimum Gasteiger partial charge on any atom is -0.370 e. The summed E-state index contributed by atoms with van der Waals surface area (Å²) in [5.41, 5.74) is 5.47. The van der Waals surface area contributed by atoms with Crippen molar-refractivity contribution in [3.63, 3.8) is 0 Å². The third-order valence-corrected chi connectivity index (χ3v) is 8.12. The van der Waals surface area contributed by atoms with Gasteiger partial charge in [-0.25, -0.2) is 4.98 Å². The van der Waals surface area contributed by atoms with Gasteiger partial charge in [-0.1, -0.05) is 0 Å². The second-order valence-electron chi connectivity index (χ2n) is 10.9. The molecule has 2 aromatic heterocycles. The molecule has 1 aromatic carbocycles. The van der Waals surface area contributed by atoms with Gasteiger partial charge in [-0.3, -0.25) is 14.9 Å². The second-order valence-corrected chi connectivity index (χ2v) is 10.9. The smallest absolute Gasteiger partial charge is 0.143 e. The highest BCUT2D eigenvalue weighted by atomic mass is 16.5. The number of morpholine rings is 1. The maximum atomic E-state index is 9.58. The Hall–Kier alpha value is -3.19. The van der Waals surface area contributed by atoms with Crippen LogP contribution < -0.4 is 26.3 Å². The number of benzene rings is 1. The average molecular weight is 518 g/mol. The molecule has 1 N–H and O–H groups in total. The Bertz CT molecular complexity index is 1420. The Morgan fingerprint density at radius 2 is 1.82 bits per heavy atom. The number of fused-ring (bicyclic) bond motifs is 2. The molecule has 0 bridgehead atoms. The first-order valence-corrected chi connectivity index (χ1v) is 13.8. The van der Waals surface area contributed by atoms with Gasteiger partial charge in [0.1, 0.15) is 38.6 Å². The lowest BCUT2D eigenvalue weighted by Crippen LogP contribution is -2.54. The number of nitrogens with one attached hydrogen (secondary N) is 1. The maximum absolute atomic E-state index is 9.58. The van der Waals surface area contributed by atoms with Crippen molar-refractivity contribution >= 4 is 49.4 Å². The molecule has 3 aliphatic heterocycles. The molecule has 0 amide bonds. The van der Waals surface area contributed by atoms with Crippen molar-refractivity contribution in [1.29, 1.82) is 5.26 Å². The summed E-state index contributed by atoms with van der Waals surface area (Å²) in [5.74, 6) is 1.09. The summed E-state index contributed by atoms with van der Waals surface area (Å²) in [4.78, 5) is 20.9. The minimum absolute atomic E-state index is 0.0425. The number of nitrogens with zero attached hydrogens (tertiary/aromatic N) is 7. The normalized spacial score (nSPS) is 24.0.